The van der Waals surface area contributed by atoms with E-state index in [9.17, 15) is 14.4 Å². The van der Waals surface area contributed by atoms with Crippen molar-refractivity contribution in [3.8, 4) is 0 Å². The van der Waals surface area contributed by atoms with Crippen LogP contribution in [0.5, 0.6) is 0 Å². The van der Waals surface area contributed by atoms with Crippen LogP contribution in [-0.4, -0.2) is 86.4 Å². The number of piperidine rings is 1. The highest BCUT2D eigenvalue weighted by molar-refractivity contribution is 6.32. The summed E-state index contributed by atoms with van der Waals surface area (Å²) in [5.41, 5.74) is -0.688. The van der Waals surface area contributed by atoms with Gasteiger partial charge < -0.3 is 14.5 Å². The number of methoxy groups -OCH3 is 1. The second kappa shape index (κ2) is 10.1. The van der Waals surface area contributed by atoms with Gasteiger partial charge in [-0.2, -0.15) is 0 Å². The van der Waals surface area contributed by atoms with Gasteiger partial charge in [-0.1, -0.05) is 29.8 Å². The zero-order valence-electron chi connectivity index (χ0n) is 18.6. The molecular formula is C23H32ClN3O4. The van der Waals surface area contributed by atoms with Gasteiger partial charge >= 0.3 is 0 Å². The Bertz CT molecular complexity index is 823. The lowest BCUT2D eigenvalue weighted by molar-refractivity contribution is -0.143. The summed E-state index contributed by atoms with van der Waals surface area (Å²) in [5.74, 6) is -0.234. The summed E-state index contributed by atoms with van der Waals surface area (Å²) in [5, 5.41) is 0.407. The average molecular weight is 450 g/mol. The van der Waals surface area contributed by atoms with E-state index in [2.05, 4.69) is 0 Å². The highest BCUT2D eigenvalue weighted by Gasteiger charge is 2.54. The van der Waals surface area contributed by atoms with Gasteiger partial charge in [0, 0.05) is 57.8 Å². The molecule has 0 bridgehead atoms. The monoisotopic (exact) mass is 449 g/mol. The van der Waals surface area contributed by atoms with Crippen molar-refractivity contribution in [3.05, 3.63) is 34.9 Å². The van der Waals surface area contributed by atoms with E-state index in [1.807, 2.05) is 23.9 Å². The number of likely N-dealkylation sites (tertiary alicyclic amines) is 2. The third kappa shape index (κ3) is 5.10. The summed E-state index contributed by atoms with van der Waals surface area (Å²) in [4.78, 5) is 44.8. The van der Waals surface area contributed by atoms with E-state index in [0.29, 0.717) is 49.3 Å². The van der Waals surface area contributed by atoms with Gasteiger partial charge in [-0.15, -0.1) is 0 Å². The zero-order chi connectivity index (χ0) is 22.6. The molecule has 3 rings (SSSR count). The predicted octanol–water partition coefficient (Wildman–Crippen LogP) is 2.17. The number of ether oxygens (including phenoxy) is 1. The minimum absolute atomic E-state index is 0.0329. The number of carbonyl (C=O) groups is 3. The van der Waals surface area contributed by atoms with Gasteiger partial charge in [0.15, 0.2) is 0 Å². The molecule has 7 nitrogen and oxygen atoms in total. The normalized spacial score (nSPS) is 22.6. The number of nitrogens with zero attached hydrogens (tertiary/aromatic N) is 3. The molecule has 0 aliphatic carbocycles. The van der Waals surface area contributed by atoms with E-state index in [0.717, 1.165) is 12.8 Å². The van der Waals surface area contributed by atoms with Crippen LogP contribution in [0.15, 0.2) is 24.3 Å². The minimum atomic E-state index is -1.25. The first-order valence-corrected chi connectivity index (χ1v) is 11.2. The maximum atomic E-state index is 13.6. The SMILES string of the molecule is COCC1CCN(C(=O)CC2(c3ccccc3Cl)CC(=O)N(CCN(C)C)C2=O)CC1. The Labute approximate surface area is 189 Å². The van der Waals surface area contributed by atoms with Gasteiger partial charge in [0.2, 0.25) is 17.7 Å². The average Bonchev–Trinajstić information content (AvgIpc) is 2.97. The summed E-state index contributed by atoms with van der Waals surface area (Å²) in [6.45, 7) is 2.83. The molecule has 1 unspecified atom stereocenters. The summed E-state index contributed by atoms with van der Waals surface area (Å²) < 4.78 is 5.24. The maximum Gasteiger partial charge on any atom is 0.240 e. The van der Waals surface area contributed by atoms with Crippen molar-refractivity contribution in [2.75, 3.05) is 54.0 Å². The Balaban J connectivity index is 1.85. The lowest BCUT2D eigenvalue weighted by Crippen LogP contribution is -2.46. The van der Waals surface area contributed by atoms with Crippen LogP contribution in [0.3, 0.4) is 0 Å². The molecule has 1 aromatic rings. The van der Waals surface area contributed by atoms with E-state index in [1.54, 1.807) is 31.4 Å². The van der Waals surface area contributed by atoms with Crippen LogP contribution < -0.4 is 0 Å². The van der Waals surface area contributed by atoms with Crippen molar-refractivity contribution in [1.29, 1.82) is 0 Å². The molecule has 2 saturated heterocycles. The van der Waals surface area contributed by atoms with Crippen LogP contribution in [0.25, 0.3) is 0 Å². The summed E-state index contributed by atoms with van der Waals surface area (Å²) in [6.07, 6.45) is 1.67. The molecule has 31 heavy (non-hydrogen) atoms. The fraction of sp³-hybridized carbons (Fsp3) is 0.609. The molecule has 0 saturated carbocycles. The molecule has 0 N–H and O–H groups in total. The molecule has 170 valence electrons. The van der Waals surface area contributed by atoms with Gasteiger partial charge in [-0.05, 0) is 44.5 Å². The van der Waals surface area contributed by atoms with Crippen molar-refractivity contribution in [3.63, 3.8) is 0 Å². The molecule has 2 aliphatic heterocycles. The van der Waals surface area contributed by atoms with Gasteiger partial charge in [-0.25, -0.2) is 0 Å². The molecule has 2 aliphatic rings. The molecule has 1 atom stereocenters. The van der Waals surface area contributed by atoms with Crippen LogP contribution in [0.4, 0.5) is 0 Å². The third-order valence-electron chi connectivity index (χ3n) is 6.39. The standard InChI is InChI=1S/C23H32ClN3O4/c1-25(2)12-13-27-21(29)15-23(22(27)30,18-6-4-5-7-19(18)24)14-20(28)26-10-8-17(9-11-26)16-31-3/h4-7,17H,8-16H2,1-3H3. The van der Waals surface area contributed by atoms with Crippen LogP contribution in [0.2, 0.25) is 5.02 Å². The fourth-order valence-electron chi connectivity index (χ4n) is 4.57. The molecular weight excluding hydrogens is 418 g/mol. The quantitative estimate of drug-likeness (QED) is 0.569. The van der Waals surface area contributed by atoms with E-state index in [4.69, 9.17) is 16.3 Å². The number of carbonyl (C=O) groups excluding carboxylic acids is 3. The number of hydrogen-bond donors (Lipinski definition) is 0. The molecule has 3 amide bonds. The lowest BCUT2D eigenvalue weighted by atomic mass is 9.75. The summed E-state index contributed by atoms with van der Waals surface area (Å²) in [7, 11) is 5.47. The first-order chi connectivity index (χ1) is 14.8. The number of hydrogen-bond acceptors (Lipinski definition) is 5. The van der Waals surface area contributed by atoms with Crippen LogP contribution >= 0.6 is 11.6 Å². The Morgan fingerprint density at radius 3 is 2.52 bits per heavy atom. The molecule has 0 radical (unpaired) electrons. The number of benzene rings is 1. The van der Waals surface area contributed by atoms with E-state index < -0.39 is 5.41 Å². The first kappa shape index (κ1) is 23.7. The lowest BCUT2D eigenvalue weighted by Gasteiger charge is -2.35. The van der Waals surface area contributed by atoms with Crippen molar-refractivity contribution in [1.82, 2.24) is 14.7 Å². The maximum absolute atomic E-state index is 13.6. The first-order valence-electron chi connectivity index (χ1n) is 10.8. The summed E-state index contributed by atoms with van der Waals surface area (Å²) >= 11 is 6.48. The van der Waals surface area contributed by atoms with Crippen LogP contribution in [0, 0.1) is 5.92 Å². The number of imide groups is 1. The van der Waals surface area contributed by atoms with E-state index in [1.165, 1.54) is 4.90 Å². The molecule has 2 fully saturated rings. The van der Waals surface area contributed by atoms with Crippen LogP contribution in [-0.2, 0) is 24.5 Å². The number of rotatable bonds is 8. The van der Waals surface area contributed by atoms with Gasteiger partial charge in [0.1, 0.15) is 0 Å². The molecule has 8 heteroatoms. The highest BCUT2D eigenvalue weighted by Crippen LogP contribution is 2.43. The fourth-order valence-corrected chi connectivity index (χ4v) is 4.89. The highest BCUT2D eigenvalue weighted by atomic mass is 35.5. The van der Waals surface area contributed by atoms with Crippen LogP contribution in [0.1, 0.15) is 31.2 Å². The van der Waals surface area contributed by atoms with Crippen molar-refractivity contribution in [2.24, 2.45) is 5.92 Å². The van der Waals surface area contributed by atoms with Crippen molar-refractivity contribution >= 4 is 29.3 Å². The minimum Gasteiger partial charge on any atom is -0.384 e. The van der Waals surface area contributed by atoms with Crippen molar-refractivity contribution < 1.29 is 19.1 Å². The molecule has 2 heterocycles. The molecule has 0 aromatic heterocycles. The third-order valence-corrected chi connectivity index (χ3v) is 6.72. The largest absolute Gasteiger partial charge is 0.384 e. The zero-order valence-corrected chi connectivity index (χ0v) is 19.4. The Morgan fingerprint density at radius 1 is 1.23 bits per heavy atom. The smallest absolute Gasteiger partial charge is 0.240 e. The summed E-state index contributed by atoms with van der Waals surface area (Å²) in [6, 6.07) is 7.05. The number of amides is 3. The number of likely N-dealkylation sites (N-methyl/N-ethyl adjacent to an activating group) is 1. The second-order valence-corrected chi connectivity index (χ2v) is 9.26. The predicted molar refractivity (Wildman–Crippen MR) is 119 cm³/mol. The van der Waals surface area contributed by atoms with Gasteiger partial charge in [-0.3, -0.25) is 19.3 Å². The number of halogens is 1. The van der Waals surface area contributed by atoms with Crippen molar-refractivity contribution in [2.45, 2.75) is 31.1 Å². The Kier molecular flexibility index (Phi) is 7.73. The Hall–Kier alpha value is -1.96. The van der Waals surface area contributed by atoms with Gasteiger partial charge in [0.25, 0.3) is 0 Å². The van der Waals surface area contributed by atoms with E-state index in [-0.39, 0.29) is 30.6 Å². The molecule has 0 spiro atoms. The van der Waals surface area contributed by atoms with E-state index >= 15 is 0 Å². The topological polar surface area (TPSA) is 70.2 Å². The Morgan fingerprint density at radius 2 is 1.90 bits per heavy atom. The van der Waals surface area contributed by atoms with Gasteiger partial charge in [0.05, 0.1) is 5.41 Å². The second-order valence-electron chi connectivity index (χ2n) is 8.85. The molecule has 1 aromatic carbocycles.